The zero-order valence-electron chi connectivity index (χ0n) is 5.94. The first kappa shape index (κ1) is 7.96. The second kappa shape index (κ2) is 3.08. The van der Waals surface area contributed by atoms with E-state index in [2.05, 4.69) is 6.92 Å². The van der Waals surface area contributed by atoms with Crippen LogP contribution in [0.2, 0.25) is 0 Å². The van der Waals surface area contributed by atoms with E-state index in [9.17, 15) is 0 Å². The van der Waals surface area contributed by atoms with Crippen molar-refractivity contribution in [2.45, 2.75) is 39.2 Å². The SMILES string of the molecule is CCC[CH]C(C)(C)O. The van der Waals surface area contributed by atoms with Crippen molar-refractivity contribution in [3.05, 3.63) is 6.42 Å². The van der Waals surface area contributed by atoms with Gasteiger partial charge in [0.1, 0.15) is 0 Å². The molecule has 0 atom stereocenters. The molecule has 0 heterocycles. The summed E-state index contributed by atoms with van der Waals surface area (Å²) >= 11 is 0. The lowest BCUT2D eigenvalue weighted by Crippen LogP contribution is -2.18. The van der Waals surface area contributed by atoms with Gasteiger partial charge in [-0.1, -0.05) is 13.3 Å². The molecule has 0 saturated heterocycles. The molecular weight excluding hydrogens is 100 g/mol. The molecule has 0 aliphatic rings. The minimum atomic E-state index is -0.573. The molecule has 0 bridgehead atoms. The normalized spacial score (nSPS) is 12.0. The summed E-state index contributed by atoms with van der Waals surface area (Å²) < 4.78 is 0. The molecule has 0 fully saturated rings. The predicted molar refractivity (Wildman–Crippen MR) is 35.5 cm³/mol. The van der Waals surface area contributed by atoms with Gasteiger partial charge in [-0.05, 0) is 26.7 Å². The molecule has 0 rings (SSSR count). The third-order valence-electron chi connectivity index (χ3n) is 0.933. The quantitative estimate of drug-likeness (QED) is 0.594. The molecule has 0 amide bonds. The molecule has 49 valence electrons. The van der Waals surface area contributed by atoms with Gasteiger partial charge in [0.25, 0.3) is 0 Å². The molecule has 0 spiro atoms. The zero-order chi connectivity index (χ0) is 6.62. The van der Waals surface area contributed by atoms with Gasteiger partial charge in [-0.2, -0.15) is 0 Å². The van der Waals surface area contributed by atoms with Crippen molar-refractivity contribution in [3.63, 3.8) is 0 Å². The van der Waals surface area contributed by atoms with E-state index in [0.29, 0.717) is 0 Å². The van der Waals surface area contributed by atoms with Gasteiger partial charge >= 0.3 is 0 Å². The monoisotopic (exact) mass is 115 g/mol. The highest BCUT2D eigenvalue weighted by molar-refractivity contribution is 4.83. The van der Waals surface area contributed by atoms with E-state index >= 15 is 0 Å². The molecule has 0 saturated carbocycles. The van der Waals surface area contributed by atoms with E-state index in [1.165, 1.54) is 0 Å². The Morgan fingerprint density at radius 1 is 1.50 bits per heavy atom. The van der Waals surface area contributed by atoms with E-state index in [0.717, 1.165) is 12.8 Å². The van der Waals surface area contributed by atoms with Crippen LogP contribution in [0.25, 0.3) is 0 Å². The van der Waals surface area contributed by atoms with E-state index in [1.54, 1.807) is 13.8 Å². The Labute approximate surface area is 51.7 Å². The van der Waals surface area contributed by atoms with Crippen LogP contribution in [-0.2, 0) is 0 Å². The molecule has 0 unspecified atom stereocenters. The van der Waals surface area contributed by atoms with Crippen LogP contribution in [-0.4, -0.2) is 10.7 Å². The fourth-order valence-corrected chi connectivity index (χ4v) is 0.498. The van der Waals surface area contributed by atoms with Crippen LogP contribution in [0.15, 0.2) is 0 Å². The first-order valence-corrected chi connectivity index (χ1v) is 3.13. The minimum Gasteiger partial charge on any atom is -0.390 e. The third kappa shape index (κ3) is 5.96. The maximum Gasteiger partial charge on any atom is 0.0623 e. The summed E-state index contributed by atoms with van der Waals surface area (Å²) in [5.74, 6) is 0. The number of rotatable bonds is 3. The zero-order valence-corrected chi connectivity index (χ0v) is 5.94. The lowest BCUT2D eigenvalue weighted by Gasteiger charge is -2.14. The summed E-state index contributed by atoms with van der Waals surface area (Å²) in [7, 11) is 0. The molecular formula is C7H15O. The highest BCUT2D eigenvalue weighted by Crippen LogP contribution is 2.09. The van der Waals surface area contributed by atoms with Crippen LogP contribution in [0.5, 0.6) is 0 Å². The van der Waals surface area contributed by atoms with Crippen LogP contribution in [0.4, 0.5) is 0 Å². The lowest BCUT2D eigenvalue weighted by atomic mass is 10.0. The van der Waals surface area contributed by atoms with Crippen molar-refractivity contribution in [1.29, 1.82) is 0 Å². The van der Waals surface area contributed by atoms with Gasteiger partial charge in [0, 0.05) is 0 Å². The molecule has 0 aromatic heterocycles. The van der Waals surface area contributed by atoms with E-state index in [4.69, 9.17) is 5.11 Å². The highest BCUT2D eigenvalue weighted by Gasteiger charge is 2.10. The molecule has 0 aromatic carbocycles. The van der Waals surface area contributed by atoms with Gasteiger partial charge in [-0.15, -0.1) is 0 Å². The van der Waals surface area contributed by atoms with E-state index in [1.807, 2.05) is 6.42 Å². The van der Waals surface area contributed by atoms with Crippen LogP contribution < -0.4 is 0 Å². The summed E-state index contributed by atoms with van der Waals surface area (Å²) in [6.07, 6.45) is 4.04. The average molecular weight is 115 g/mol. The van der Waals surface area contributed by atoms with Gasteiger partial charge in [0.2, 0.25) is 0 Å². The third-order valence-corrected chi connectivity index (χ3v) is 0.933. The largest absolute Gasteiger partial charge is 0.390 e. The van der Waals surface area contributed by atoms with E-state index in [-0.39, 0.29) is 0 Å². The maximum atomic E-state index is 9.09. The van der Waals surface area contributed by atoms with Crippen molar-refractivity contribution >= 4 is 0 Å². The molecule has 1 N–H and O–H groups in total. The Hall–Kier alpha value is -0.0400. The van der Waals surface area contributed by atoms with Crippen molar-refractivity contribution in [2.75, 3.05) is 0 Å². The van der Waals surface area contributed by atoms with Crippen molar-refractivity contribution in [3.8, 4) is 0 Å². The number of unbranched alkanes of at least 4 members (excludes halogenated alkanes) is 1. The number of hydrogen-bond acceptors (Lipinski definition) is 1. The second-order valence-corrected chi connectivity index (χ2v) is 2.65. The van der Waals surface area contributed by atoms with Crippen molar-refractivity contribution in [2.24, 2.45) is 0 Å². The van der Waals surface area contributed by atoms with Crippen LogP contribution in [0, 0.1) is 6.42 Å². The summed E-state index contributed by atoms with van der Waals surface area (Å²) in [5.41, 5.74) is -0.573. The van der Waals surface area contributed by atoms with Gasteiger partial charge in [0.15, 0.2) is 0 Å². The van der Waals surface area contributed by atoms with Gasteiger partial charge < -0.3 is 5.11 Å². The number of aliphatic hydroxyl groups is 1. The lowest BCUT2D eigenvalue weighted by molar-refractivity contribution is 0.111. The summed E-state index contributed by atoms with van der Waals surface area (Å²) in [4.78, 5) is 0. The fraction of sp³-hybridized carbons (Fsp3) is 0.857. The fourth-order valence-electron chi connectivity index (χ4n) is 0.498. The van der Waals surface area contributed by atoms with Crippen LogP contribution in [0.3, 0.4) is 0 Å². The Balaban J connectivity index is 3.11. The minimum absolute atomic E-state index is 0.573. The van der Waals surface area contributed by atoms with Gasteiger partial charge in [-0.3, -0.25) is 0 Å². The Bertz CT molecular complexity index is 51.9. The summed E-state index contributed by atoms with van der Waals surface area (Å²) in [6, 6.07) is 0. The Morgan fingerprint density at radius 3 is 2.12 bits per heavy atom. The molecule has 1 radical (unpaired) electrons. The van der Waals surface area contributed by atoms with Crippen LogP contribution >= 0.6 is 0 Å². The first-order chi connectivity index (χ1) is 3.56. The second-order valence-electron chi connectivity index (χ2n) is 2.65. The molecule has 0 aliphatic carbocycles. The molecule has 1 heteroatoms. The maximum absolute atomic E-state index is 9.09. The summed E-state index contributed by atoms with van der Waals surface area (Å²) in [5, 5.41) is 9.09. The molecule has 0 aliphatic heterocycles. The Morgan fingerprint density at radius 2 is 2.00 bits per heavy atom. The standard InChI is InChI=1S/C7H15O/c1-4-5-6-7(2,3)8/h6,8H,4-5H2,1-3H3. The molecule has 0 aromatic rings. The average Bonchev–Trinajstić information content (AvgIpc) is 1.59. The van der Waals surface area contributed by atoms with Crippen molar-refractivity contribution in [1.82, 2.24) is 0 Å². The highest BCUT2D eigenvalue weighted by atomic mass is 16.3. The first-order valence-electron chi connectivity index (χ1n) is 3.13. The van der Waals surface area contributed by atoms with Gasteiger partial charge in [0.05, 0.1) is 5.60 Å². The molecule has 8 heavy (non-hydrogen) atoms. The predicted octanol–water partition coefficient (Wildman–Crippen LogP) is 1.76. The summed E-state index contributed by atoms with van der Waals surface area (Å²) in [6.45, 7) is 5.69. The van der Waals surface area contributed by atoms with Crippen molar-refractivity contribution < 1.29 is 5.11 Å². The van der Waals surface area contributed by atoms with Gasteiger partial charge in [-0.25, -0.2) is 0 Å². The van der Waals surface area contributed by atoms with Crippen LogP contribution in [0.1, 0.15) is 33.6 Å². The smallest absolute Gasteiger partial charge is 0.0623 e. The number of hydrogen-bond donors (Lipinski definition) is 1. The molecule has 1 nitrogen and oxygen atoms in total. The van der Waals surface area contributed by atoms with E-state index < -0.39 is 5.60 Å². The Kier molecular flexibility index (Phi) is 3.06. The topological polar surface area (TPSA) is 20.2 Å².